The van der Waals surface area contributed by atoms with Gasteiger partial charge in [-0.25, -0.2) is 9.59 Å². The lowest BCUT2D eigenvalue weighted by atomic mass is 9.97. The molecule has 3 N–H and O–H groups in total. The van der Waals surface area contributed by atoms with Crippen molar-refractivity contribution in [2.75, 3.05) is 6.61 Å². The molecule has 1 atom stereocenters. The van der Waals surface area contributed by atoms with Crippen molar-refractivity contribution in [3.63, 3.8) is 0 Å². The van der Waals surface area contributed by atoms with Gasteiger partial charge >= 0.3 is 12.1 Å². The first-order chi connectivity index (χ1) is 16.7. The highest BCUT2D eigenvalue weighted by Crippen LogP contribution is 2.44. The number of carboxylic acids is 1. The first kappa shape index (κ1) is 24.0. The number of ether oxygens (including phenoxy) is 1. The van der Waals surface area contributed by atoms with Crippen molar-refractivity contribution in [3.05, 3.63) is 77.1 Å². The monoisotopic (exact) mass is 476 g/mol. The maximum atomic E-state index is 12.9. The molecule has 1 aliphatic rings. The van der Waals surface area contributed by atoms with E-state index in [1.165, 1.54) is 10.9 Å². The molecule has 2 aromatic carbocycles. The number of hydrogen-bond donors (Lipinski definition) is 3. The molecular weight excluding hydrogens is 448 g/mol. The predicted octanol–water partition coefficient (Wildman–Crippen LogP) is 3.44. The van der Waals surface area contributed by atoms with E-state index in [2.05, 4.69) is 27.9 Å². The molecule has 4 rings (SSSR count). The van der Waals surface area contributed by atoms with Crippen molar-refractivity contribution >= 4 is 18.0 Å². The van der Waals surface area contributed by atoms with Crippen LogP contribution >= 0.6 is 0 Å². The summed E-state index contributed by atoms with van der Waals surface area (Å²) in [5.41, 5.74) is 3.58. The predicted molar refractivity (Wildman–Crippen MR) is 129 cm³/mol. The van der Waals surface area contributed by atoms with Crippen LogP contribution in [-0.4, -0.2) is 45.0 Å². The van der Waals surface area contributed by atoms with Gasteiger partial charge in [-0.2, -0.15) is 5.10 Å². The fourth-order valence-corrected chi connectivity index (χ4v) is 4.38. The summed E-state index contributed by atoms with van der Waals surface area (Å²) in [4.78, 5) is 37.1. The number of benzene rings is 2. The number of aryl methyl sites for hydroxylation is 1. The number of carbonyl (C=O) groups is 3. The minimum absolute atomic E-state index is 0.00972. The van der Waals surface area contributed by atoms with Gasteiger partial charge < -0.3 is 20.5 Å². The molecule has 0 spiro atoms. The van der Waals surface area contributed by atoms with Crippen molar-refractivity contribution in [2.24, 2.45) is 7.05 Å². The summed E-state index contributed by atoms with van der Waals surface area (Å²) >= 11 is 0. The van der Waals surface area contributed by atoms with E-state index in [-0.39, 0.29) is 24.6 Å². The van der Waals surface area contributed by atoms with Crippen LogP contribution in [-0.2, 0) is 23.1 Å². The number of hydrogen-bond acceptors (Lipinski definition) is 5. The number of rotatable bonds is 8. The van der Waals surface area contributed by atoms with Gasteiger partial charge in [0.25, 0.3) is 0 Å². The number of alkyl carbamates (subject to hydrolysis) is 1. The van der Waals surface area contributed by atoms with E-state index in [4.69, 9.17) is 4.74 Å². The molecule has 9 heteroatoms. The fraction of sp³-hybridized carbons (Fsp3) is 0.308. The lowest BCUT2D eigenvalue weighted by Crippen LogP contribution is -2.56. The van der Waals surface area contributed by atoms with Crippen LogP contribution in [0.25, 0.3) is 11.1 Å². The molecule has 9 nitrogen and oxygen atoms in total. The van der Waals surface area contributed by atoms with Crippen LogP contribution in [0.15, 0.2) is 54.7 Å². The molecule has 0 fully saturated rings. The zero-order chi connectivity index (χ0) is 25.2. The first-order valence-electron chi connectivity index (χ1n) is 11.4. The quantitative estimate of drug-likeness (QED) is 0.458. The molecule has 0 saturated carbocycles. The number of carboxylic acid groups (broad SMARTS) is 1. The molecule has 1 heterocycles. The highest BCUT2D eigenvalue weighted by molar-refractivity contribution is 5.91. The van der Waals surface area contributed by atoms with Gasteiger partial charge in [-0.15, -0.1) is 0 Å². The lowest BCUT2D eigenvalue weighted by Gasteiger charge is -2.28. The molecule has 0 aliphatic heterocycles. The second-order valence-electron chi connectivity index (χ2n) is 8.75. The minimum Gasteiger partial charge on any atom is -0.478 e. The lowest BCUT2D eigenvalue weighted by molar-refractivity contribution is -0.127. The molecule has 3 aromatic rings. The van der Waals surface area contributed by atoms with Crippen LogP contribution < -0.4 is 10.6 Å². The van der Waals surface area contributed by atoms with Crippen LogP contribution in [0.5, 0.6) is 0 Å². The zero-order valence-electron chi connectivity index (χ0n) is 19.9. The maximum Gasteiger partial charge on any atom is 0.408 e. The number of aromatic nitrogens is 2. The van der Waals surface area contributed by atoms with Crippen molar-refractivity contribution in [3.8, 4) is 11.1 Å². The van der Waals surface area contributed by atoms with Gasteiger partial charge in [-0.1, -0.05) is 55.5 Å². The van der Waals surface area contributed by atoms with Gasteiger partial charge in [0, 0.05) is 13.0 Å². The fourth-order valence-electron chi connectivity index (χ4n) is 4.38. The number of nitrogens with one attached hydrogen (secondary N) is 2. The van der Waals surface area contributed by atoms with Crippen molar-refractivity contribution in [1.29, 1.82) is 0 Å². The SMILES string of the molecule is CCC(C)(NC(=O)OCC1c2ccccc2-c2ccccc21)C(=O)NCc1c(C(=O)O)cnn1C. The van der Waals surface area contributed by atoms with E-state index in [9.17, 15) is 19.5 Å². The Morgan fingerprint density at radius 3 is 2.26 bits per heavy atom. The smallest absolute Gasteiger partial charge is 0.408 e. The Kier molecular flexibility index (Phi) is 6.59. The average molecular weight is 477 g/mol. The third kappa shape index (κ3) is 4.62. The number of carbonyl (C=O) groups excluding carboxylic acids is 2. The van der Waals surface area contributed by atoms with E-state index in [1.807, 2.05) is 36.4 Å². The molecule has 0 radical (unpaired) electrons. The van der Waals surface area contributed by atoms with Crippen LogP contribution in [0.2, 0.25) is 0 Å². The Balaban J connectivity index is 1.40. The van der Waals surface area contributed by atoms with E-state index in [0.29, 0.717) is 12.1 Å². The van der Waals surface area contributed by atoms with Crippen LogP contribution in [0.1, 0.15) is 53.4 Å². The van der Waals surface area contributed by atoms with Gasteiger partial charge in [-0.3, -0.25) is 9.48 Å². The second kappa shape index (κ2) is 9.61. The number of nitrogens with zero attached hydrogens (tertiary/aromatic N) is 2. The van der Waals surface area contributed by atoms with Gasteiger partial charge in [-0.05, 0) is 35.6 Å². The van der Waals surface area contributed by atoms with Gasteiger partial charge in [0.05, 0.1) is 18.4 Å². The van der Waals surface area contributed by atoms with Crippen LogP contribution in [0.4, 0.5) is 4.79 Å². The summed E-state index contributed by atoms with van der Waals surface area (Å²) in [6.45, 7) is 3.47. The molecule has 2 amide bonds. The third-order valence-electron chi connectivity index (χ3n) is 6.64. The highest BCUT2D eigenvalue weighted by atomic mass is 16.5. The van der Waals surface area contributed by atoms with Crippen molar-refractivity contribution < 1.29 is 24.2 Å². The van der Waals surface area contributed by atoms with E-state index in [1.54, 1.807) is 20.9 Å². The van der Waals surface area contributed by atoms with Gasteiger partial charge in [0.15, 0.2) is 0 Å². The number of amides is 2. The molecule has 1 aromatic heterocycles. The van der Waals surface area contributed by atoms with Crippen molar-refractivity contribution in [1.82, 2.24) is 20.4 Å². The summed E-state index contributed by atoms with van der Waals surface area (Å²) in [5.74, 6) is -1.67. The maximum absolute atomic E-state index is 12.9. The summed E-state index contributed by atoms with van der Waals surface area (Å²) in [6, 6.07) is 16.1. The average Bonchev–Trinajstić information content (AvgIpc) is 3.38. The molecule has 182 valence electrons. The van der Waals surface area contributed by atoms with Gasteiger partial charge in [0.1, 0.15) is 17.7 Å². The van der Waals surface area contributed by atoms with Crippen molar-refractivity contribution in [2.45, 2.75) is 38.3 Å². The Hall–Kier alpha value is -4.14. The number of fused-ring (bicyclic) bond motifs is 3. The first-order valence-corrected chi connectivity index (χ1v) is 11.4. The summed E-state index contributed by atoms with van der Waals surface area (Å²) in [5, 5.41) is 18.6. The Bertz CT molecular complexity index is 1240. The third-order valence-corrected chi connectivity index (χ3v) is 6.64. The van der Waals surface area contributed by atoms with E-state index < -0.39 is 23.5 Å². The second-order valence-corrected chi connectivity index (χ2v) is 8.75. The highest BCUT2D eigenvalue weighted by Gasteiger charge is 2.35. The Morgan fingerprint density at radius 1 is 1.09 bits per heavy atom. The summed E-state index contributed by atoms with van der Waals surface area (Å²) in [7, 11) is 1.60. The molecule has 1 aliphatic carbocycles. The summed E-state index contributed by atoms with van der Waals surface area (Å²) in [6.07, 6.45) is 0.843. The van der Waals surface area contributed by atoms with E-state index >= 15 is 0 Å². The van der Waals surface area contributed by atoms with E-state index in [0.717, 1.165) is 22.3 Å². The Morgan fingerprint density at radius 2 is 1.69 bits per heavy atom. The van der Waals surface area contributed by atoms with Gasteiger partial charge in [0.2, 0.25) is 5.91 Å². The largest absolute Gasteiger partial charge is 0.478 e. The summed E-state index contributed by atoms with van der Waals surface area (Å²) < 4.78 is 6.98. The molecule has 0 bridgehead atoms. The van der Waals surface area contributed by atoms with Crippen LogP contribution in [0, 0.1) is 0 Å². The topological polar surface area (TPSA) is 123 Å². The Labute approximate surface area is 203 Å². The number of aromatic carboxylic acids is 1. The zero-order valence-corrected chi connectivity index (χ0v) is 19.9. The normalized spacial score (nSPS) is 13.9. The standard InChI is InChI=1S/C26H28N4O5/c1-4-26(2,24(33)27-14-22-20(23(31)32)13-28-30(22)3)29-25(34)35-15-21-18-11-7-5-9-16(18)17-10-6-8-12-19(17)21/h5-13,21H,4,14-15H2,1-3H3,(H,27,33)(H,29,34)(H,31,32). The van der Waals surface area contributed by atoms with Crippen LogP contribution in [0.3, 0.4) is 0 Å². The minimum atomic E-state index is -1.25. The molecule has 35 heavy (non-hydrogen) atoms. The molecular formula is C26H28N4O5. The molecule has 0 saturated heterocycles. The molecule has 1 unspecified atom stereocenters.